The molecule has 0 heterocycles. The lowest BCUT2D eigenvalue weighted by Crippen LogP contribution is -2.53. The lowest BCUT2D eigenvalue weighted by molar-refractivity contribution is -0.144. The monoisotopic (exact) mass is 567 g/mol. The molecule has 1 aromatic carbocycles. The van der Waals surface area contributed by atoms with Gasteiger partial charge in [0, 0.05) is 13.1 Å². The zero-order valence-corrected chi connectivity index (χ0v) is 24.9. The van der Waals surface area contributed by atoms with Gasteiger partial charge in [0.15, 0.2) is 0 Å². The van der Waals surface area contributed by atoms with E-state index in [0.717, 1.165) is 12.8 Å². The van der Waals surface area contributed by atoms with Gasteiger partial charge in [0.2, 0.25) is 11.8 Å². The van der Waals surface area contributed by atoms with Gasteiger partial charge in [0.25, 0.3) is 0 Å². The van der Waals surface area contributed by atoms with E-state index in [9.17, 15) is 24.3 Å². The summed E-state index contributed by atoms with van der Waals surface area (Å²) in [6.45, 7) is 9.51. The first-order valence-electron chi connectivity index (χ1n) is 13.4. The maximum absolute atomic E-state index is 14.0. The van der Waals surface area contributed by atoms with E-state index in [1.54, 1.807) is 39.8 Å². The number of ether oxygens (including phenoxy) is 2. The Labute approximate surface area is 236 Å². The first-order valence-corrected chi connectivity index (χ1v) is 14.8. The van der Waals surface area contributed by atoms with Gasteiger partial charge in [-0.25, -0.2) is 4.79 Å². The van der Waals surface area contributed by atoms with Gasteiger partial charge in [-0.15, -0.1) is 0 Å². The Morgan fingerprint density at radius 3 is 2.31 bits per heavy atom. The second kappa shape index (κ2) is 17.6. The third-order valence-corrected chi connectivity index (χ3v) is 6.23. The summed E-state index contributed by atoms with van der Waals surface area (Å²) in [5.74, 6) is -0.702. The van der Waals surface area contributed by atoms with Gasteiger partial charge in [0.05, 0.1) is 13.0 Å². The van der Waals surface area contributed by atoms with Crippen LogP contribution in [0.3, 0.4) is 0 Å². The van der Waals surface area contributed by atoms with Crippen LogP contribution in [0, 0.1) is 0 Å². The Bertz CT molecular complexity index is 919. The minimum atomic E-state index is -1.05. The number of benzene rings is 1. The molecule has 3 N–H and O–H groups in total. The van der Waals surface area contributed by atoms with E-state index in [4.69, 9.17) is 9.47 Å². The van der Waals surface area contributed by atoms with Crippen LogP contribution in [0.25, 0.3) is 0 Å². The number of alkyl carbamates (subject to hydrolysis) is 1. The number of esters is 1. The summed E-state index contributed by atoms with van der Waals surface area (Å²) in [6, 6.07) is 4.11. The molecule has 0 fully saturated rings. The highest BCUT2D eigenvalue weighted by Gasteiger charge is 2.36. The number of hydrogen-bond acceptors (Lipinski definition) is 8. The van der Waals surface area contributed by atoms with Crippen molar-refractivity contribution in [3.8, 4) is 5.75 Å². The second-order valence-corrected chi connectivity index (χ2v) is 11.0. The van der Waals surface area contributed by atoms with Crippen molar-refractivity contribution in [2.75, 3.05) is 31.7 Å². The number of carbonyl (C=O) groups is 4. The minimum Gasteiger partial charge on any atom is -0.508 e. The quantitative estimate of drug-likeness (QED) is 0.200. The summed E-state index contributed by atoms with van der Waals surface area (Å²) in [4.78, 5) is 53.5. The fourth-order valence-electron chi connectivity index (χ4n) is 3.79. The lowest BCUT2D eigenvalue weighted by Gasteiger charge is -2.34. The maximum atomic E-state index is 14.0. The van der Waals surface area contributed by atoms with E-state index in [-0.39, 0.29) is 31.9 Å². The molecule has 0 aliphatic heterocycles. The number of aromatic hydroxyl groups is 1. The zero-order valence-electron chi connectivity index (χ0n) is 24.1. The third-order valence-electron chi connectivity index (χ3n) is 5.59. The highest BCUT2D eigenvalue weighted by molar-refractivity contribution is 7.98. The molecule has 220 valence electrons. The number of nitrogens with one attached hydrogen (secondary N) is 2. The van der Waals surface area contributed by atoms with Crippen molar-refractivity contribution in [3.05, 3.63) is 29.8 Å². The predicted molar refractivity (Wildman–Crippen MR) is 153 cm³/mol. The van der Waals surface area contributed by atoms with Crippen LogP contribution in [0.15, 0.2) is 24.3 Å². The van der Waals surface area contributed by atoms with E-state index >= 15 is 0 Å². The number of carbonyl (C=O) groups excluding carboxylic acids is 4. The summed E-state index contributed by atoms with van der Waals surface area (Å²) in [5, 5.41) is 15.3. The van der Waals surface area contributed by atoms with Crippen molar-refractivity contribution in [1.29, 1.82) is 0 Å². The Kier molecular flexibility index (Phi) is 15.4. The number of hydrogen-bond donors (Lipinski definition) is 3. The van der Waals surface area contributed by atoms with Gasteiger partial charge in [-0.3, -0.25) is 14.4 Å². The van der Waals surface area contributed by atoms with Crippen molar-refractivity contribution in [3.63, 3.8) is 0 Å². The number of thioether (sulfide) groups is 1. The van der Waals surface area contributed by atoms with Crippen molar-refractivity contribution >= 4 is 35.6 Å². The normalized spacial score (nSPS) is 12.7. The summed E-state index contributed by atoms with van der Waals surface area (Å²) >= 11 is 1.54. The number of rotatable bonds is 16. The lowest BCUT2D eigenvalue weighted by atomic mass is 10.0. The molecule has 0 bridgehead atoms. The highest BCUT2D eigenvalue weighted by atomic mass is 32.2. The van der Waals surface area contributed by atoms with E-state index in [1.165, 1.54) is 28.8 Å². The predicted octanol–water partition coefficient (Wildman–Crippen LogP) is 4.17. The standard InChI is InChI=1S/C28H45N3O7S/c1-7-9-10-18-31(26(35)22(16-19-39-6)30-27(36)38-28(3,4)5)24(20-11-13-21(32)14-12-20)25(34)29-17-15-23(33)37-8-2/h11-14,22,24,32H,7-10,15-19H2,1-6H3,(H,29,34)(H,30,36). The number of unbranched alkanes of at least 4 members (excludes halogenated alkanes) is 2. The number of nitrogens with zero attached hydrogens (tertiary/aromatic N) is 1. The Balaban J connectivity index is 3.38. The molecule has 0 radical (unpaired) electrons. The maximum Gasteiger partial charge on any atom is 0.408 e. The molecule has 10 nitrogen and oxygen atoms in total. The molecule has 2 unspecified atom stereocenters. The average Bonchev–Trinajstić information content (AvgIpc) is 2.85. The smallest absolute Gasteiger partial charge is 0.408 e. The van der Waals surface area contributed by atoms with Gasteiger partial charge in [0.1, 0.15) is 23.4 Å². The fourth-order valence-corrected chi connectivity index (χ4v) is 4.26. The van der Waals surface area contributed by atoms with Crippen molar-refractivity contribution in [2.24, 2.45) is 0 Å². The summed E-state index contributed by atoms with van der Waals surface area (Å²) in [7, 11) is 0. The molecule has 1 aromatic rings. The van der Waals surface area contributed by atoms with Gasteiger partial charge >= 0.3 is 12.1 Å². The molecule has 39 heavy (non-hydrogen) atoms. The number of phenolic OH excluding ortho intramolecular Hbond substituents is 1. The largest absolute Gasteiger partial charge is 0.508 e. The SMILES string of the molecule is CCCCCN(C(=O)C(CCSC)NC(=O)OC(C)(C)C)C(C(=O)NCCC(=O)OCC)c1ccc(O)cc1. The second-order valence-electron chi connectivity index (χ2n) is 10.1. The van der Waals surface area contributed by atoms with Crippen LogP contribution in [-0.2, 0) is 23.9 Å². The number of phenols is 1. The van der Waals surface area contributed by atoms with Gasteiger partial charge in [-0.1, -0.05) is 31.9 Å². The summed E-state index contributed by atoms with van der Waals surface area (Å²) in [6.07, 6.45) is 3.92. The summed E-state index contributed by atoms with van der Waals surface area (Å²) < 4.78 is 10.3. The van der Waals surface area contributed by atoms with Crippen LogP contribution < -0.4 is 10.6 Å². The van der Waals surface area contributed by atoms with Crippen molar-refractivity contribution in [1.82, 2.24) is 15.5 Å². The Morgan fingerprint density at radius 2 is 1.74 bits per heavy atom. The van der Waals surface area contributed by atoms with Crippen LogP contribution >= 0.6 is 11.8 Å². The molecule has 11 heteroatoms. The molecule has 2 atom stereocenters. The molecule has 0 aliphatic carbocycles. The fraction of sp³-hybridized carbons (Fsp3) is 0.643. The van der Waals surface area contributed by atoms with Gasteiger partial charge < -0.3 is 30.1 Å². The molecular weight excluding hydrogens is 522 g/mol. The van der Waals surface area contributed by atoms with Crippen LogP contribution in [0.5, 0.6) is 5.75 Å². The van der Waals surface area contributed by atoms with Crippen molar-refractivity contribution < 1.29 is 33.8 Å². The average molecular weight is 568 g/mol. The topological polar surface area (TPSA) is 134 Å². The molecule has 0 saturated carbocycles. The summed E-state index contributed by atoms with van der Waals surface area (Å²) in [5.41, 5.74) is -0.252. The zero-order chi connectivity index (χ0) is 29.4. The van der Waals surface area contributed by atoms with Crippen LogP contribution in [-0.4, -0.2) is 77.2 Å². The van der Waals surface area contributed by atoms with Gasteiger partial charge in [-0.05, 0) is 70.2 Å². The molecule has 1 rings (SSSR count). The van der Waals surface area contributed by atoms with Gasteiger partial charge in [-0.2, -0.15) is 11.8 Å². The van der Waals surface area contributed by atoms with Crippen LogP contribution in [0.1, 0.15) is 78.3 Å². The highest BCUT2D eigenvalue weighted by Crippen LogP contribution is 2.26. The molecule has 3 amide bonds. The Morgan fingerprint density at radius 1 is 1.08 bits per heavy atom. The first kappa shape index (κ1) is 34.1. The third kappa shape index (κ3) is 13.1. The Hall–Kier alpha value is -2.95. The molecular formula is C28H45N3O7S. The number of amides is 3. The molecule has 0 spiro atoms. The van der Waals surface area contributed by atoms with E-state index in [2.05, 4.69) is 10.6 Å². The molecule has 0 saturated heterocycles. The van der Waals surface area contributed by atoms with E-state index in [0.29, 0.717) is 24.2 Å². The molecule has 0 aliphatic rings. The minimum absolute atomic E-state index is 0.0117. The van der Waals surface area contributed by atoms with Crippen LogP contribution in [0.4, 0.5) is 4.79 Å². The van der Waals surface area contributed by atoms with Crippen molar-refractivity contribution in [2.45, 2.75) is 84.4 Å². The van der Waals surface area contributed by atoms with Crippen LogP contribution in [0.2, 0.25) is 0 Å². The van der Waals surface area contributed by atoms with E-state index < -0.39 is 41.6 Å². The first-order chi connectivity index (χ1) is 18.4. The molecule has 0 aromatic heterocycles. The van der Waals surface area contributed by atoms with E-state index in [1.807, 2.05) is 13.2 Å².